The van der Waals surface area contributed by atoms with Crippen LogP contribution in [-0.4, -0.2) is 21.8 Å². The minimum Gasteiger partial charge on any atom is -0.330 e. The van der Waals surface area contributed by atoms with E-state index in [1.54, 1.807) is 36.7 Å². The summed E-state index contributed by atoms with van der Waals surface area (Å²) in [6.07, 6.45) is 3.40. The zero-order chi connectivity index (χ0) is 19.9. The summed E-state index contributed by atoms with van der Waals surface area (Å²) < 4.78 is 0. The monoisotopic (exact) mass is 378 g/mol. The van der Waals surface area contributed by atoms with Crippen LogP contribution in [0.4, 0.5) is 22.1 Å². The number of hydrogen-bond donors (Lipinski definition) is 5. The molecule has 0 spiro atoms. The lowest BCUT2D eigenvalue weighted by Crippen LogP contribution is -2.25. The number of aromatic amines is 1. The number of urea groups is 1. The van der Waals surface area contributed by atoms with Gasteiger partial charge in [-0.3, -0.25) is 10.2 Å². The lowest BCUT2D eigenvalue weighted by Gasteiger charge is -2.15. The van der Waals surface area contributed by atoms with Gasteiger partial charge in [-0.05, 0) is 55.8 Å². The van der Waals surface area contributed by atoms with Gasteiger partial charge in [0, 0.05) is 35.4 Å². The van der Waals surface area contributed by atoms with Crippen LogP contribution in [0.3, 0.4) is 0 Å². The van der Waals surface area contributed by atoms with E-state index in [-0.39, 0.29) is 17.9 Å². The number of H-pyrrole nitrogens is 1. The normalized spacial score (nSPS) is 11.5. The number of nitrogens with one attached hydrogen (secondary N) is 5. The number of nitrogens with zero attached hydrogens (tertiary/aromatic N) is 1. The third-order valence-electron chi connectivity index (χ3n) is 4.12. The lowest BCUT2D eigenvalue weighted by atomic mass is 10.1. The molecular formula is C20H22N6O2. The Morgan fingerprint density at radius 2 is 1.57 bits per heavy atom. The Balaban J connectivity index is 1.51. The molecule has 0 bridgehead atoms. The van der Waals surface area contributed by atoms with Gasteiger partial charge in [0.2, 0.25) is 5.95 Å². The van der Waals surface area contributed by atoms with Gasteiger partial charge < -0.3 is 15.6 Å². The quantitative estimate of drug-likeness (QED) is 0.316. The van der Waals surface area contributed by atoms with Gasteiger partial charge >= 0.3 is 6.03 Å². The summed E-state index contributed by atoms with van der Waals surface area (Å²) in [6, 6.07) is 13.9. The van der Waals surface area contributed by atoms with Crippen LogP contribution in [0, 0.1) is 0 Å². The van der Waals surface area contributed by atoms with Crippen LogP contribution in [0.5, 0.6) is 0 Å². The van der Waals surface area contributed by atoms with Gasteiger partial charge in [-0.25, -0.2) is 15.2 Å². The van der Waals surface area contributed by atoms with E-state index in [1.165, 1.54) is 6.92 Å². The third-order valence-corrected chi connectivity index (χ3v) is 4.12. The lowest BCUT2D eigenvalue weighted by molar-refractivity contribution is 0.101. The second-order valence-electron chi connectivity index (χ2n) is 6.26. The van der Waals surface area contributed by atoms with Crippen LogP contribution in [0.1, 0.15) is 35.8 Å². The molecule has 1 heterocycles. The molecule has 3 rings (SSSR count). The van der Waals surface area contributed by atoms with Crippen molar-refractivity contribution in [1.29, 1.82) is 0 Å². The van der Waals surface area contributed by atoms with Gasteiger partial charge in [0.25, 0.3) is 0 Å². The van der Waals surface area contributed by atoms with E-state index in [0.717, 1.165) is 5.56 Å². The van der Waals surface area contributed by atoms with Gasteiger partial charge in [0.1, 0.15) is 0 Å². The largest absolute Gasteiger partial charge is 0.330 e. The standard InChI is InChI=1S/C20H22N6O2/c1-13(25-26-19-21-11-12-22-19)15-3-7-17(8-4-15)23-20(28)24-18-9-5-16(6-10-18)14(2)27/h3-13,25H,1-2H3,(H2,21,22,26)(H2,23,24,28). The highest BCUT2D eigenvalue weighted by Gasteiger charge is 2.07. The van der Waals surface area contributed by atoms with Gasteiger partial charge in [-0.2, -0.15) is 0 Å². The third kappa shape index (κ3) is 5.18. The zero-order valence-electron chi connectivity index (χ0n) is 15.6. The molecule has 8 nitrogen and oxygen atoms in total. The van der Waals surface area contributed by atoms with Crippen molar-refractivity contribution in [3.63, 3.8) is 0 Å². The van der Waals surface area contributed by atoms with Crippen LogP contribution in [0.2, 0.25) is 0 Å². The number of anilines is 3. The fraction of sp³-hybridized carbons (Fsp3) is 0.150. The highest BCUT2D eigenvalue weighted by molar-refractivity contribution is 6.00. The number of hydrogen-bond acceptors (Lipinski definition) is 5. The van der Waals surface area contributed by atoms with Gasteiger partial charge in [0.15, 0.2) is 5.78 Å². The summed E-state index contributed by atoms with van der Waals surface area (Å²) in [6.45, 7) is 3.51. The molecule has 0 radical (unpaired) electrons. The van der Waals surface area contributed by atoms with Crippen LogP contribution in [-0.2, 0) is 0 Å². The number of imidazole rings is 1. The summed E-state index contributed by atoms with van der Waals surface area (Å²) in [5, 5.41) is 5.52. The average Bonchev–Trinajstić information content (AvgIpc) is 3.20. The Morgan fingerprint density at radius 3 is 2.11 bits per heavy atom. The van der Waals surface area contributed by atoms with Crippen LogP contribution >= 0.6 is 0 Å². The predicted molar refractivity (Wildman–Crippen MR) is 109 cm³/mol. The topological polar surface area (TPSA) is 111 Å². The van der Waals surface area contributed by atoms with Crippen molar-refractivity contribution in [2.45, 2.75) is 19.9 Å². The van der Waals surface area contributed by atoms with Crippen LogP contribution < -0.4 is 21.5 Å². The second-order valence-corrected chi connectivity index (χ2v) is 6.26. The first-order valence-corrected chi connectivity index (χ1v) is 8.81. The molecule has 1 unspecified atom stereocenters. The van der Waals surface area contributed by atoms with E-state index in [0.29, 0.717) is 22.9 Å². The predicted octanol–water partition coefficient (Wildman–Crippen LogP) is 3.93. The molecule has 3 aromatic rings. The molecule has 1 aromatic heterocycles. The first-order chi connectivity index (χ1) is 13.5. The number of rotatable bonds is 7. The number of amides is 2. The minimum absolute atomic E-state index is 0.0147. The molecule has 5 N–H and O–H groups in total. The molecule has 144 valence electrons. The maximum Gasteiger partial charge on any atom is 0.323 e. The van der Waals surface area contributed by atoms with Crippen molar-refractivity contribution < 1.29 is 9.59 Å². The zero-order valence-corrected chi connectivity index (χ0v) is 15.6. The number of carbonyl (C=O) groups is 2. The smallest absolute Gasteiger partial charge is 0.323 e. The van der Waals surface area contributed by atoms with E-state index in [2.05, 4.69) is 31.5 Å². The van der Waals surface area contributed by atoms with E-state index in [4.69, 9.17) is 0 Å². The Bertz CT molecular complexity index is 920. The number of benzene rings is 2. The van der Waals surface area contributed by atoms with Crippen molar-refractivity contribution in [3.05, 3.63) is 72.1 Å². The average molecular weight is 378 g/mol. The van der Waals surface area contributed by atoms with E-state index < -0.39 is 0 Å². The van der Waals surface area contributed by atoms with E-state index >= 15 is 0 Å². The van der Waals surface area contributed by atoms with Crippen molar-refractivity contribution in [3.8, 4) is 0 Å². The number of Topliss-reactive ketones (excluding diaryl/α,β-unsaturated/α-hetero) is 1. The fourth-order valence-electron chi connectivity index (χ4n) is 2.53. The Kier molecular flexibility index (Phi) is 6.03. The molecule has 0 aliphatic rings. The van der Waals surface area contributed by atoms with Gasteiger partial charge in [-0.1, -0.05) is 12.1 Å². The Labute approximate surface area is 162 Å². The second kappa shape index (κ2) is 8.83. The highest BCUT2D eigenvalue weighted by atomic mass is 16.2. The fourth-order valence-corrected chi connectivity index (χ4v) is 2.53. The van der Waals surface area contributed by atoms with E-state index in [9.17, 15) is 9.59 Å². The molecule has 2 aromatic carbocycles. The van der Waals surface area contributed by atoms with Crippen LogP contribution in [0.15, 0.2) is 60.9 Å². The van der Waals surface area contributed by atoms with Crippen molar-refractivity contribution in [1.82, 2.24) is 15.4 Å². The van der Waals surface area contributed by atoms with Crippen molar-refractivity contribution in [2.24, 2.45) is 0 Å². The Hall–Kier alpha value is -3.65. The highest BCUT2D eigenvalue weighted by Crippen LogP contribution is 2.17. The number of hydrazine groups is 1. The van der Waals surface area contributed by atoms with Crippen LogP contribution in [0.25, 0.3) is 0 Å². The Morgan fingerprint density at radius 1 is 0.964 bits per heavy atom. The minimum atomic E-state index is -0.353. The molecule has 0 aliphatic carbocycles. The maximum absolute atomic E-state index is 12.1. The summed E-state index contributed by atoms with van der Waals surface area (Å²) in [5.41, 5.74) is 9.06. The summed E-state index contributed by atoms with van der Waals surface area (Å²) in [5.74, 6) is 0.623. The van der Waals surface area contributed by atoms with Gasteiger partial charge in [-0.15, -0.1) is 0 Å². The molecule has 0 saturated heterocycles. The summed E-state index contributed by atoms with van der Waals surface area (Å²) in [7, 11) is 0. The molecule has 8 heteroatoms. The summed E-state index contributed by atoms with van der Waals surface area (Å²) in [4.78, 5) is 30.4. The number of ketones is 1. The molecular weight excluding hydrogens is 356 g/mol. The first kappa shape index (κ1) is 19.1. The molecule has 1 atom stereocenters. The molecule has 0 saturated carbocycles. The molecule has 0 aliphatic heterocycles. The SMILES string of the molecule is CC(=O)c1ccc(NC(=O)Nc2ccc(C(C)NNc3ncc[nH]3)cc2)cc1. The molecule has 2 amide bonds. The van der Waals surface area contributed by atoms with Crippen molar-refractivity contribution >= 4 is 29.1 Å². The maximum atomic E-state index is 12.1. The van der Waals surface area contributed by atoms with E-state index in [1.807, 2.05) is 31.2 Å². The van der Waals surface area contributed by atoms with Gasteiger partial charge in [0.05, 0.1) is 0 Å². The number of aromatic nitrogens is 2. The van der Waals surface area contributed by atoms with Crippen molar-refractivity contribution in [2.75, 3.05) is 16.1 Å². The molecule has 0 fully saturated rings. The number of carbonyl (C=O) groups excluding carboxylic acids is 2. The first-order valence-electron chi connectivity index (χ1n) is 8.81. The molecule has 28 heavy (non-hydrogen) atoms. The summed E-state index contributed by atoms with van der Waals surface area (Å²) >= 11 is 0.